The summed E-state index contributed by atoms with van der Waals surface area (Å²) in [6.07, 6.45) is 3.00. The summed E-state index contributed by atoms with van der Waals surface area (Å²) in [7, 11) is 1.85. The fraction of sp³-hybridized carbons (Fsp3) is 0.120. The molecule has 0 unspecified atom stereocenters. The van der Waals surface area contributed by atoms with Gasteiger partial charge in [-0.2, -0.15) is 0 Å². The van der Waals surface area contributed by atoms with E-state index < -0.39 is 10.7 Å². The van der Waals surface area contributed by atoms with Crippen LogP contribution in [0, 0.1) is 22.9 Å². The van der Waals surface area contributed by atoms with Gasteiger partial charge in [0.2, 0.25) is 0 Å². The molecule has 36 heavy (non-hydrogen) atoms. The highest BCUT2D eigenvalue weighted by Crippen LogP contribution is 2.46. The number of aryl methyl sites for hydroxylation is 2. The molecule has 10 nitrogen and oxygen atoms in total. The molecule has 1 N–H and O–H groups in total. The minimum Gasteiger partial charge on any atom is -0.421 e. The Bertz CT molecular complexity index is 1680. The first-order valence-electron chi connectivity index (χ1n) is 11.0. The van der Waals surface area contributed by atoms with Gasteiger partial charge in [0.05, 0.1) is 16.0 Å². The molecule has 178 valence electrons. The summed E-state index contributed by atoms with van der Waals surface area (Å²) in [4.78, 5) is 27.8. The van der Waals surface area contributed by atoms with Crippen molar-refractivity contribution in [1.29, 1.82) is 0 Å². The van der Waals surface area contributed by atoms with Crippen molar-refractivity contribution in [2.24, 2.45) is 7.05 Å². The number of ether oxygens (including phenoxy) is 1. The third kappa shape index (κ3) is 3.32. The molecular weight excluding hydrogens is 465 g/mol. The fourth-order valence-corrected chi connectivity index (χ4v) is 4.56. The average Bonchev–Trinajstić information content (AvgIpc) is 3.06. The minimum atomic E-state index is -0.544. The lowest BCUT2D eigenvalue weighted by Gasteiger charge is -2.14. The maximum absolute atomic E-state index is 15.9. The molecule has 2 aromatic carbocycles. The Hall–Kier alpha value is -4.93. The number of nitro groups is 1. The van der Waals surface area contributed by atoms with Crippen LogP contribution in [0.1, 0.15) is 11.3 Å². The standard InChI is InChI=1S/C25H18FN7O3/c1-13-9-10-27-25(31-13)36-18-8-7-16-17(21(18)26)11-28-23-20-19(16)22(32(2)24(20)30-12-29-23)14-3-5-15(6-4-14)33(34)35/h3-10,12H,11H2,1-2H3,(H,28,29,30). The second kappa shape index (κ2) is 8.08. The van der Waals surface area contributed by atoms with Crippen LogP contribution in [0.2, 0.25) is 0 Å². The van der Waals surface area contributed by atoms with Crippen LogP contribution >= 0.6 is 0 Å². The number of nitrogens with one attached hydrogen (secondary N) is 1. The molecule has 0 spiro atoms. The lowest BCUT2D eigenvalue weighted by molar-refractivity contribution is -0.384. The topological polar surface area (TPSA) is 121 Å². The van der Waals surface area contributed by atoms with E-state index >= 15 is 4.39 Å². The van der Waals surface area contributed by atoms with Crippen molar-refractivity contribution in [3.63, 3.8) is 0 Å². The third-order valence-corrected chi connectivity index (χ3v) is 6.20. The van der Waals surface area contributed by atoms with Gasteiger partial charge in [-0.15, -0.1) is 0 Å². The zero-order chi connectivity index (χ0) is 25.0. The number of fused-ring (bicyclic) bond motifs is 2. The minimum absolute atomic E-state index is 0.00208. The Balaban J connectivity index is 1.57. The molecule has 4 heterocycles. The number of rotatable bonds is 4. The van der Waals surface area contributed by atoms with Crippen LogP contribution in [0.3, 0.4) is 0 Å². The highest BCUT2D eigenvalue weighted by Gasteiger charge is 2.29. The van der Waals surface area contributed by atoms with Crippen molar-refractivity contribution < 1.29 is 14.1 Å². The fourth-order valence-electron chi connectivity index (χ4n) is 4.56. The van der Waals surface area contributed by atoms with Gasteiger partial charge >= 0.3 is 6.01 Å². The highest BCUT2D eigenvalue weighted by molar-refractivity contribution is 6.09. The molecule has 11 heteroatoms. The molecule has 0 saturated heterocycles. The maximum Gasteiger partial charge on any atom is 0.322 e. The molecule has 6 rings (SSSR count). The summed E-state index contributed by atoms with van der Waals surface area (Å²) in [6, 6.07) is 11.4. The maximum atomic E-state index is 15.9. The number of hydrogen-bond acceptors (Lipinski definition) is 8. The first kappa shape index (κ1) is 21.6. The molecule has 1 aliphatic rings. The molecule has 5 aromatic rings. The lowest BCUT2D eigenvalue weighted by atomic mass is 9.95. The van der Waals surface area contributed by atoms with Crippen molar-refractivity contribution in [2.75, 3.05) is 5.32 Å². The van der Waals surface area contributed by atoms with Crippen LogP contribution in [0.25, 0.3) is 33.4 Å². The van der Waals surface area contributed by atoms with E-state index in [4.69, 9.17) is 4.74 Å². The lowest BCUT2D eigenvalue weighted by Crippen LogP contribution is -2.06. The van der Waals surface area contributed by atoms with E-state index in [-0.39, 0.29) is 24.0 Å². The molecule has 0 fully saturated rings. The second-order valence-electron chi connectivity index (χ2n) is 8.35. The molecule has 0 atom stereocenters. The number of hydrogen-bond donors (Lipinski definition) is 1. The van der Waals surface area contributed by atoms with Gasteiger partial charge in [-0.05, 0) is 42.3 Å². The van der Waals surface area contributed by atoms with Crippen LogP contribution in [0.5, 0.6) is 11.8 Å². The van der Waals surface area contributed by atoms with Gasteiger partial charge in [-0.1, -0.05) is 6.07 Å². The smallest absolute Gasteiger partial charge is 0.322 e. The first-order valence-corrected chi connectivity index (χ1v) is 11.0. The Morgan fingerprint density at radius 2 is 1.92 bits per heavy atom. The van der Waals surface area contributed by atoms with E-state index in [9.17, 15) is 10.1 Å². The van der Waals surface area contributed by atoms with Gasteiger partial charge in [0.1, 0.15) is 17.8 Å². The summed E-state index contributed by atoms with van der Waals surface area (Å²) in [5, 5.41) is 15.1. The van der Waals surface area contributed by atoms with Gasteiger partial charge in [-0.25, -0.2) is 24.3 Å². The summed E-state index contributed by atoms with van der Waals surface area (Å²) < 4.78 is 23.4. The van der Waals surface area contributed by atoms with Gasteiger partial charge in [0, 0.05) is 48.7 Å². The van der Waals surface area contributed by atoms with Crippen molar-refractivity contribution in [3.05, 3.63) is 82.2 Å². The summed E-state index contributed by atoms with van der Waals surface area (Å²) in [5.74, 6) is 0.0265. The molecule has 0 amide bonds. The predicted octanol–water partition coefficient (Wildman–Crippen LogP) is 5.17. The SMILES string of the molecule is Cc1ccnc(Oc2ccc3c(c2F)CNc2ncnc4c2c-3c(-c2ccc([N+](=O)[O-])cc2)n4C)n1. The molecule has 0 bridgehead atoms. The van der Waals surface area contributed by atoms with Crippen LogP contribution in [0.4, 0.5) is 15.9 Å². The quantitative estimate of drug-likeness (QED) is 0.275. The van der Waals surface area contributed by atoms with E-state index in [1.165, 1.54) is 18.5 Å². The normalized spacial score (nSPS) is 12.1. The second-order valence-corrected chi connectivity index (χ2v) is 8.35. The van der Waals surface area contributed by atoms with Gasteiger partial charge in [0.25, 0.3) is 5.69 Å². The highest BCUT2D eigenvalue weighted by atomic mass is 19.1. The van der Waals surface area contributed by atoms with E-state index in [1.54, 1.807) is 43.5 Å². The number of non-ortho nitro benzene ring substituents is 1. The summed E-state index contributed by atoms with van der Waals surface area (Å²) >= 11 is 0. The molecular formula is C25H18FN7O3. The molecule has 1 aliphatic heterocycles. The first-order chi connectivity index (χ1) is 17.4. The number of anilines is 1. The van der Waals surface area contributed by atoms with E-state index in [2.05, 4.69) is 25.3 Å². The van der Waals surface area contributed by atoms with Gasteiger partial charge < -0.3 is 14.6 Å². The van der Waals surface area contributed by atoms with Gasteiger partial charge in [0.15, 0.2) is 11.6 Å². The van der Waals surface area contributed by atoms with Crippen molar-refractivity contribution in [3.8, 4) is 34.1 Å². The van der Waals surface area contributed by atoms with E-state index in [0.29, 0.717) is 28.3 Å². The predicted molar refractivity (Wildman–Crippen MR) is 130 cm³/mol. The summed E-state index contributed by atoms with van der Waals surface area (Å²) in [5.41, 5.74) is 4.55. The van der Waals surface area contributed by atoms with Crippen LogP contribution in [-0.4, -0.2) is 29.4 Å². The molecule has 3 aromatic heterocycles. The Morgan fingerprint density at radius 1 is 1.11 bits per heavy atom. The molecule has 0 radical (unpaired) electrons. The number of benzene rings is 2. The van der Waals surface area contributed by atoms with Crippen molar-refractivity contribution >= 4 is 22.5 Å². The number of halogens is 1. The van der Waals surface area contributed by atoms with Crippen LogP contribution in [0.15, 0.2) is 55.0 Å². The largest absolute Gasteiger partial charge is 0.421 e. The van der Waals surface area contributed by atoms with Crippen molar-refractivity contribution in [2.45, 2.75) is 13.5 Å². The Morgan fingerprint density at radius 3 is 2.67 bits per heavy atom. The average molecular weight is 483 g/mol. The Kier molecular flexibility index (Phi) is 4.85. The van der Waals surface area contributed by atoms with E-state index in [1.807, 2.05) is 11.6 Å². The van der Waals surface area contributed by atoms with Gasteiger partial charge in [-0.3, -0.25) is 10.1 Å². The number of aromatic nitrogens is 5. The van der Waals surface area contributed by atoms with E-state index in [0.717, 1.165) is 22.2 Å². The monoisotopic (exact) mass is 483 g/mol. The Labute approximate surface area is 203 Å². The zero-order valence-corrected chi connectivity index (χ0v) is 19.2. The third-order valence-electron chi connectivity index (χ3n) is 6.20. The number of nitrogens with zero attached hydrogens (tertiary/aromatic N) is 6. The number of nitro benzene ring substituents is 1. The molecule has 0 aliphatic carbocycles. The molecule has 0 saturated carbocycles. The summed E-state index contributed by atoms with van der Waals surface area (Å²) in [6.45, 7) is 1.96. The zero-order valence-electron chi connectivity index (χ0n) is 19.2. The van der Waals surface area contributed by atoms with Crippen molar-refractivity contribution in [1.82, 2.24) is 24.5 Å². The van der Waals surface area contributed by atoms with Crippen LogP contribution in [-0.2, 0) is 13.6 Å². The van der Waals surface area contributed by atoms with Crippen LogP contribution < -0.4 is 10.1 Å².